The fourth-order valence-electron chi connectivity index (χ4n) is 2.78. The zero-order chi connectivity index (χ0) is 13.9. The van der Waals surface area contributed by atoms with E-state index < -0.39 is 0 Å². The Morgan fingerprint density at radius 2 is 1.84 bits per heavy atom. The highest BCUT2D eigenvalue weighted by Gasteiger charge is 2.37. The molecule has 0 saturated carbocycles. The quantitative estimate of drug-likeness (QED) is 0.914. The van der Waals surface area contributed by atoms with Crippen molar-refractivity contribution < 1.29 is 4.79 Å². The van der Waals surface area contributed by atoms with E-state index >= 15 is 0 Å². The van der Waals surface area contributed by atoms with E-state index in [9.17, 15) is 4.79 Å². The zero-order valence-corrected chi connectivity index (χ0v) is 12.7. The van der Waals surface area contributed by atoms with E-state index in [1.165, 1.54) is 0 Å². The number of nitrogens with one attached hydrogen (secondary N) is 1. The van der Waals surface area contributed by atoms with Crippen LogP contribution in [0.2, 0.25) is 10.0 Å². The Morgan fingerprint density at radius 1 is 1.26 bits per heavy atom. The van der Waals surface area contributed by atoms with Gasteiger partial charge in [-0.2, -0.15) is 0 Å². The minimum absolute atomic E-state index is 0.201. The summed E-state index contributed by atoms with van der Waals surface area (Å²) in [5.41, 5.74) is 0.565. The first-order chi connectivity index (χ1) is 9.09. The fraction of sp³-hybridized carbons (Fsp3) is 0.533. The predicted molar refractivity (Wildman–Crippen MR) is 80.0 cm³/mol. The van der Waals surface area contributed by atoms with Crippen molar-refractivity contribution >= 4 is 29.0 Å². The van der Waals surface area contributed by atoms with Crippen LogP contribution >= 0.6 is 23.2 Å². The Hall–Kier alpha value is -0.570. The molecule has 0 aromatic heterocycles. The van der Waals surface area contributed by atoms with Crippen LogP contribution in [0.25, 0.3) is 0 Å². The van der Waals surface area contributed by atoms with Crippen LogP contribution in [0, 0.1) is 5.41 Å². The second-order valence-electron chi connectivity index (χ2n) is 5.18. The van der Waals surface area contributed by atoms with Gasteiger partial charge in [0.05, 0.1) is 0 Å². The van der Waals surface area contributed by atoms with Crippen LogP contribution in [0.4, 0.5) is 0 Å². The van der Waals surface area contributed by atoms with Crippen LogP contribution < -0.4 is 5.32 Å². The van der Waals surface area contributed by atoms with Crippen molar-refractivity contribution in [2.45, 2.75) is 32.6 Å². The number of carbonyl (C=O) groups excluding carboxylic acids is 1. The molecule has 0 bridgehead atoms. The summed E-state index contributed by atoms with van der Waals surface area (Å²) in [4.78, 5) is 12.7. The third-order valence-corrected chi connectivity index (χ3v) is 4.94. The average Bonchev–Trinajstić information content (AvgIpc) is 2.43. The van der Waals surface area contributed by atoms with E-state index in [0.29, 0.717) is 16.5 Å². The van der Waals surface area contributed by atoms with Crippen LogP contribution in [0.1, 0.15) is 31.7 Å². The van der Waals surface area contributed by atoms with Gasteiger partial charge < -0.3 is 5.32 Å². The van der Waals surface area contributed by atoms with Gasteiger partial charge in [-0.05, 0) is 50.0 Å². The number of halogens is 2. The van der Waals surface area contributed by atoms with Gasteiger partial charge in [-0.3, -0.25) is 4.79 Å². The van der Waals surface area contributed by atoms with E-state index in [4.69, 9.17) is 23.2 Å². The van der Waals surface area contributed by atoms with Gasteiger partial charge >= 0.3 is 0 Å². The van der Waals surface area contributed by atoms with E-state index in [1.807, 2.05) is 0 Å². The van der Waals surface area contributed by atoms with Crippen LogP contribution in [0.5, 0.6) is 0 Å². The molecule has 1 heterocycles. The molecule has 19 heavy (non-hydrogen) atoms. The second kappa shape index (κ2) is 6.25. The van der Waals surface area contributed by atoms with Crippen molar-refractivity contribution in [1.82, 2.24) is 5.32 Å². The first-order valence-corrected chi connectivity index (χ1v) is 7.51. The minimum atomic E-state index is -0.201. The van der Waals surface area contributed by atoms with Crippen molar-refractivity contribution in [3.05, 3.63) is 33.8 Å². The highest BCUT2D eigenvalue weighted by molar-refractivity contribution is 6.36. The standard InChI is InChI=1S/C15H19Cl2NO/c1-2-15(6-8-18-9-7-15)14(19)10-11-12(16)4-3-5-13(11)17/h3-5,18H,2,6-10H2,1H3. The van der Waals surface area contributed by atoms with Gasteiger partial charge in [0.1, 0.15) is 5.78 Å². The minimum Gasteiger partial charge on any atom is -0.317 e. The predicted octanol–water partition coefficient (Wildman–Crippen LogP) is 3.88. The molecule has 4 heteroatoms. The molecule has 1 N–H and O–H groups in total. The summed E-state index contributed by atoms with van der Waals surface area (Å²) in [6, 6.07) is 5.38. The summed E-state index contributed by atoms with van der Waals surface area (Å²) < 4.78 is 0. The number of hydrogen-bond donors (Lipinski definition) is 1. The molecule has 1 aliphatic rings. The molecule has 2 rings (SSSR count). The van der Waals surface area contributed by atoms with Crippen LogP contribution in [-0.4, -0.2) is 18.9 Å². The first-order valence-electron chi connectivity index (χ1n) is 6.76. The van der Waals surface area contributed by atoms with Gasteiger partial charge in [0.2, 0.25) is 0 Å². The molecule has 1 aromatic carbocycles. The molecular weight excluding hydrogens is 281 g/mol. The van der Waals surface area contributed by atoms with Gasteiger partial charge in [-0.15, -0.1) is 0 Å². The van der Waals surface area contributed by atoms with Crippen LogP contribution in [-0.2, 0) is 11.2 Å². The number of benzene rings is 1. The molecule has 1 fully saturated rings. The maximum Gasteiger partial charge on any atom is 0.143 e. The molecule has 0 spiro atoms. The number of rotatable bonds is 4. The van der Waals surface area contributed by atoms with E-state index in [1.54, 1.807) is 18.2 Å². The second-order valence-corrected chi connectivity index (χ2v) is 6.00. The first kappa shape index (κ1) is 14.8. The number of Topliss-reactive ketones (excluding diaryl/α,β-unsaturated/α-hetero) is 1. The molecule has 1 saturated heterocycles. The highest BCUT2D eigenvalue weighted by atomic mass is 35.5. The van der Waals surface area contributed by atoms with Crippen molar-refractivity contribution in [1.29, 1.82) is 0 Å². The molecule has 0 amide bonds. The number of hydrogen-bond acceptors (Lipinski definition) is 2. The molecule has 1 aliphatic heterocycles. The largest absolute Gasteiger partial charge is 0.317 e. The number of ketones is 1. The smallest absolute Gasteiger partial charge is 0.143 e. The van der Waals surface area contributed by atoms with Gasteiger partial charge in [0.15, 0.2) is 0 Å². The lowest BCUT2D eigenvalue weighted by Crippen LogP contribution is -2.42. The van der Waals surface area contributed by atoms with Gasteiger partial charge in [-0.25, -0.2) is 0 Å². The van der Waals surface area contributed by atoms with E-state index in [2.05, 4.69) is 12.2 Å². The molecule has 0 aliphatic carbocycles. The molecule has 0 unspecified atom stereocenters. The van der Waals surface area contributed by atoms with Gasteiger partial charge in [0.25, 0.3) is 0 Å². The summed E-state index contributed by atoms with van der Waals surface area (Å²) in [6.45, 7) is 3.92. The van der Waals surface area contributed by atoms with Crippen LogP contribution in [0.3, 0.4) is 0 Å². The maximum absolute atomic E-state index is 12.7. The highest BCUT2D eigenvalue weighted by Crippen LogP contribution is 2.36. The number of carbonyl (C=O) groups is 1. The van der Waals surface area contributed by atoms with Crippen molar-refractivity contribution in [2.24, 2.45) is 5.41 Å². The van der Waals surface area contributed by atoms with Gasteiger partial charge in [-0.1, -0.05) is 36.2 Å². The average molecular weight is 300 g/mol. The molecular formula is C15H19Cl2NO. The van der Waals surface area contributed by atoms with Crippen LogP contribution in [0.15, 0.2) is 18.2 Å². The third kappa shape index (κ3) is 3.13. The molecule has 0 atom stereocenters. The fourth-order valence-corrected chi connectivity index (χ4v) is 3.32. The normalized spacial score (nSPS) is 18.3. The topological polar surface area (TPSA) is 29.1 Å². The van der Waals surface area contributed by atoms with Crippen molar-refractivity contribution in [3.8, 4) is 0 Å². The molecule has 0 radical (unpaired) electrons. The lowest BCUT2D eigenvalue weighted by molar-refractivity contribution is -0.129. The zero-order valence-electron chi connectivity index (χ0n) is 11.1. The Balaban J connectivity index is 2.20. The molecule has 104 valence electrons. The van der Waals surface area contributed by atoms with E-state index in [-0.39, 0.29) is 11.2 Å². The van der Waals surface area contributed by atoms with Crippen molar-refractivity contribution in [3.63, 3.8) is 0 Å². The summed E-state index contributed by atoms with van der Waals surface area (Å²) in [5.74, 6) is 0.270. The Kier molecular flexibility index (Phi) is 4.88. The number of piperidine rings is 1. The summed E-state index contributed by atoms with van der Waals surface area (Å²) in [6.07, 6.45) is 3.04. The SMILES string of the molecule is CCC1(C(=O)Cc2c(Cl)cccc2Cl)CCNCC1. The van der Waals surface area contributed by atoms with Crippen molar-refractivity contribution in [2.75, 3.05) is 13.1 Å². The Morgan fingerprint density at radius 3 is 2.37 bits per heavy atom. The summed E-state index contributed by atoms with van der Waals surface area (Å²) in [7, 11) is 0. The maximum atomic E-state index is 12.7. The van der Waals surface area contributed by atoms with Gasteiger partial charge in [0, 0.05) is 21.9 Å². The Labute approximate surface area is 124 Å². The molecule has 1 aromatic rings. The molecule has 2 nitrogen and oxygen atoms in total. The lowest BCUT2D eigenvalue weighted by Gasteiger charge is -2.35. The third-order valence-electron chi connectivity index (χ3n) is 4.23. The monoisotopic (exact) mass is 299 g/mol. The van der Waals surface area contributed by atoms with E-state index in [0.717, 1.165) is 37.9 Å². The summed E-state index contributed by atoms with van der Waals surface area (Å²) >= 11 is 12.3. The summed E-state index contributed by atoms with van der Waals surface area (Å²) in [5, 5.41) is 4.48. The lowest BCUT2D eigenvalue weighted by atomic mass is 9.72. The Bertz CT molecular complexity index is 447.